The molecule has 1 heterocycles. The molecule has 2 aromatic rings. The Morgan fingerprint density at radius 2 is 1.96 bits per heavy atom. The molecule has 3 heteroatoms. The normalized spacial score (nSPS) is 12.9. The maximum Gasteiger partial charge on any atom is 0.0797 e. The molecule has 126 valence electrons. The Morgan fingerprint density at radius 1 is 1.25 bits per heavy atom. The van der Waals surface area contributed by atoms with Crippen molar-refractivity contribution in [2.24, 2.45) is 12.5 Å². The first kappa shape index (κ1) is 18.0. The quantitative estimate of drug-likeness (QED) is 0.830. The third-order valence-electron chi connectivity index (χ3n) is 3.60. The first-order valence-electron chi connectivity index (χ1n) is 8.37. The molecule has 0 amide bonds. The summed E-state index contributed by atoms with van der Waals surface area (Å²) in [5.74, 6) is 6.27. The summed E-state index contributed by atoms with van der Waals surface area (Å²) < 4.78 is 1.94. The van der Waals surface area contributed by atoms with E-state index in [9.17, 15) is 0 Å². The lowest BCUT2D eigenvalue weighted by atomic mass is 9.98. The van der Waals surface area contributed by atoms with Gasteiger partial charge in [-0.25, -0.2) is 0 Å². The van der Waals surface area contributed by atoms with Crippen molar-refractivity contribution in [1.82, 2.24) is 15.1 Å². The summed E-state index contributed by atoms with van der Waals surface area (Å²) in [4.78, 5) is 0. The van der Waals surface area contributed by atoms with Crippen molar-refractivity contribution in [2.45, 2.75) is 33.7 Å². The average Bonchev–Trinajstić information content (AvgIpc) is 2.92. The van der Waals surface area contributed by atoms with Crippen LogP contribution in [0.5, 0.6) is 0 Å². The number of hydrogen-bond acceptors (Lipinski definition) is 2. The molecular weight excluding hydrogens is 294 g/mol. The SMILES string of the molecule is CC(NC/C=C/C#CC(C)(C)C)c1cc(-c2ccccc2)n(C)n1. The molecule has 0 aliphatic rings. The van der Waals surface area contributed by atoms with Crippen LogP contribution in [0.15, 0.2) is 48.6 Å². The smallest absolute Gasteiger partial charge is 0.0797 e. The van der Waals surface area contributed by atoms with Crippen LogP contribution in [0.25, 0.3) is 11.3 Å². The largest absolute Gasteiger partial charge is 0.305 e. The average molecular weight is 321 g/mol. The van der Waals surface area contributed by atoms with Gasteiger partial charge in [-0.15, -0.1) is 0 Å². The fourth-order valence-electron chi connectivity index (χ4n) is 2.31. The van der Waals surface area contributed by atoms with E-state index in [0.717, 1.165) is 17.9 Å². The number of hydrogen-bond donors (Lipinski definition) is 1. The highest BCUT2D eigenvalue weighted by molar-refractivity contribution is 5.59. The van der Waals surface area contributed by atoms with Crippen molar-refractivity contribution >= 4 is 0 Å². The Labute approximate surface area is 145 Å². The van der Waals surface area contributed by atoms with E-state index in [1.807, 2.05) is 36.0 Å². The molecule has 2 rings (SSSR count). The predicted molar refractivity (Wildman–Crippen MR) is 101 cm³/mol. The monoisotopic (exact) mass is 321 g/mol. The van der Waals surface area contributed by atoms with Crippen LogP contribution in [0.1, 0.15) is 39.4 Å². The second-order valence-corrected chi connectivity index (χ2v) is 7.00. The van der Waals surface area contributed by atoms with Crippen LogP contribution in [0.2, 0.25) is 0 Å². The molecule has 0 saturated heterocycles. The Bertz CT molecular complexity index is 737. The third kappa shape index (κ3) is 5.40. The molecule has 1 atom stereocenters. The van der Waals surface area contributed by atoms with Gasteiger partial charge in [0.15, 0.2) is 0 Å². The fourth-order valence-corrected chi connectivity index (χ4v) is 2.31. The molecule has 3 nitrogen and oxygen atoms in total. The molecule has 0 fully saturated rings. The second kappa shape index (κ2) is 7.99. The van der Waals surface area contributed by atoms with Gasteiger partial charge in [-0.3, -0.25) is 4.68 Å². The summed E-state index contributed by atoms with van der Waals surface area (Å²) in [6.45, 7) is 9.24. The maximum absolute atomic E-state index is 4.64. The van der Waals surface area contributed by atoms with Crippen molar-refractivity contribution in [2.75, 3.05) is 6.54 Å². The minimum absolute atomic E-state index is 0.0485. The van der Waals surface area contributed by atoms with E-state index in [0.29, 0.717) is 0 Å². The number of aryl methyl sites for hydroxylation is 1. The summed E-state index contributed by atoms with van der Waals surface area (Å²) in [7, 11) is 1.99. The zero-order chi connectivity index (χ0) is 17.6. The Hall–Kier alpha value is -2.31. The van der Waals surface area contributed by atoms with Crippen molar-refractivity contribution in [3.8, 4) is 23.1 Å². The Morgan fingerprint density at radius 3 is 2.62 bits per heavy atom. The van der Waals surface area contributed by atoms with E-state index in [1.54, 1.807) is 0 Å². The molecule has 0 radical (unpaired) electrons. The first-order valence-corrected chi connectivity index (χ1v) is 8.37. The molecule has 1 unspecified atom stereocenters. The number of nitrogens with one attached hydrogen (secondary N) is 1. The number of benzene rings is 1. The van der Waals surface area contributed by atoms with E-state index < -0.39 is 0 Å². The fraction of sp³-hybridized carbons (Fsp3) is 0.381. The molecule has 0 bridgehead atoms. The van der Waals surface area contributed by atoms with Gasteiger partial charge in [0.1, 0.15) is 0 Å². The molecule has 24 heavy (non-hydrogen) atoms. The van der Waals surface area contributed by atoms with Crippen molar-refractivity contribution in [1.29, 1.82) is 0 Å². The molecule has 1 aromatic heterocycles. The number of rotatable bonds is 5. The zero-order valence-corrected chi connectivity index (χ0v) is 15.3. The van der Waals surface area contributed by atoms with Gasteiger partial charge in [-0.05, 0) is 45.4 Å². The van der Waals surface area contributed by atoms with Gasteiger partial charge in [0, 0.05) is 25.0 Å². The zero-order valence-electron chi connectivity index (χ0n) is 15.3. The lowest BCUT2D eigenvalue weighted by Gasteiger charge is -2.08. The summed E-state index contributed by atoms with van der Waals surface area (Å²) in [5.41, 5.74) is 3.41. The van der Waals surface area contributed by atoms with E-state index in [4.69, 9.17) is 0 Å². The van der Waals surface area contributed by atoms with E-state index in [-0.39, 0.29) is 11.5 Å². The van der Waals surface area contributed by atoms with E-state index in [2.05, 4.69) is 74.2 Å². The first-order chi connectivity index (χ1) is 11.4. The van der Waals surface area contributed by atoms with Crippen molar-refractivity contribution in [3.63, 3.8) is 0 Å². The highest BCUT2D eigenvalue weighted by Gasteiger charge is 2.12. The number of nitrogens with zero attached hydrogens (tertiary/aromatic N) is 2. The van der Waals surface area contributed by atoms with Gasteiger partial charge in [0.05, 0.1) is 11.4 Å². The predicted octanol–water partition coefficient (Wildman–Crippen LogP) is 4.34. The standard InChI is InChI=1S/C21H27N3/c1-17(22-15-11-7-10-14-21(2,3)4)19-16-20(24(5)23-19)18-12-8-6-9-13-18/h6-9,11-13,16-17,22H,15H2,1-5H3/b11-7+. The number of allylic oxidation sites excluding steroid dienone is 1. The molecule has 0 aliphatic carbocycles. The topological polar surface area (TPSA) is 29.9 Å². The molecule has 1 aromatic carbocycles. The van der Waals surface area contributed by atoms with Gasteiger partial charge in [0.2, 0.25) is 0 Å². The molecule has 1 N–H and O–H groups in total. The van der Waals surface area contributed by atoms with Gasteiger partial charge in [-0.1, -0.05) is 48.2 Å². The van der Waals surface area contributed by atoms with Crippen LogP contribution in [0.3, 0.4) is 0 Å². The maximum atomic E-state index is 4.64. The Balaban J connectivity index is 1.95. The van der Waals surface area contributed by atoms with E-state index in [1.165, 1.54) is 5.56 Å². The van der Waals surface area contributed by atoms with Crippen LogP contribution in [0.4, 0.5) is 0 Å². The molecular formula is C21H27N3. The van der Waals surface area contributed by atoms with Crippen LogP contribution in [-0.2, 0) is 7.05 Å². The van der Waals surface area contributed by atoms with Crippen LogP contribution < -0.4 is 5.32 Å². The van der Waals surface area contributed by atoms with Crippen LogP contribution >= 0.6 is 0 Å². The lowest BCUT2D eigenvalue weighted by molar-refractivity contribution is 0.571. The second-order valence-electron chi connectivity index (χ2n) is 7.00. The lowest BCUT2D eigenvalue weighted by Crippen LogP contribution is -2.19. The van der Waals surface area contributed by atoms with Crippen molar-refractivity contribution in [3.05, 3.63) is 54.2 Å². The van der Waals surface area contributed by atoms with Gasteiger partial charge < -0.3 is 5.32 Å². The van der Waals surface area contributed by atoms with Gasteiger partial charge in [-0.2, -0.15) is 5.10 Å². The minimum Gasteiger partial charge on any atom is -0.305 e. The third-order valence-corrected chi connectivity index (χ3v) is 3.60. The highest BCUT2D eigenvalue weighted by Crippen LogP contribution is 2.22. The molecule has 0 aliphatic heterocycles. The van der Waals surface area contributed by atoms with E-state index >= 15 is 0 Å². The Kier molecular flexibility index (Phi) is 6.00. The summed E-state index contributed by atoms with van der Waals surface area (Å²) in [5, 5.41) is 8.09. The number of aromatic nitrogens is 2. The molecule has 0 spiro atoms. The van der Waals surface area contributed by atoms with Gasteiger partial charge >= 0.3 is 0 Å². The van der Waals surface area contributed by atoms with Crippen LogP contribution in [0, 0.1) is 17.3 Å². The summed E-state index contributed by atoms with van der Waals surface area (Å²) >= 11 is 0. The summed E-state index contributed by atoms with van der Waals surface area (Å²) in [6.07, 6.45) is 3.97. The van der Waals surface area contributed by atoms with Crippen molar-refractivity contribution < 1.29 is 0 Å². The minimum atomic E-state index is 0.0485. The highest BCUT2D eigenvalue weighted by atomic mass is 15.3. The molecule has 0 saturated carbocycles. The van der Waals surface area contributed by atoms with Gasteiger partial charge in [0.25, 0.3) is 0 Å². The van der Waals surface area contributed by atoms with Crippen LogP contribution in [-0.4, -0.2) is 16.3 Å². The summed E-state index contributed by atoms with van der Waals surface area (Å²) in [6, 6.07) is 12.7.